The third-order valence-electron chi connectivity index (χ3n) is 4.03. The molecule has 0 aromatic carbocycles. The number of hydrogen-bond acceptors (Lipinski definition) is 5. The first-order valence-corrected chi connectivity index (χ1v) is 9.56. The second-order valence-electron chi connectivity index (χ2n) is 7.00. The van der Waals surface area contributed by atoms with Gasteiger partial charge in [0, 0.05) is 18.5 Å². The molecule has 2 atom stereocenters. The molecule has 0 radical (unpaired) electrons. The summed E-state index contributed by atoms with van der Waals surface area (Å²) in [7, 11) is 0. The number of halogens is 1. The summed E-state index contributed by atoms with van der Waals surface area (Å²) in [5.74, 6) is -0.0127. The van der Waals surface area contributed by atoms with Crippen molar-refractivity contribution in [2.24, 2.45) is 0 Å². The Morgan fingerprint density at radius 1 is 1.38 bits per heavy atom. The topological polar surface area (TPSA) is 59.1 Å². The molecule has 0 spiro atoms. The van der Waals surface area contributed by atoms with Gasteiger partial charge in [-0.1, -0.05) is 0 Å². The number of amides is 2. The molecule has 2 amide bonds. The molecule has 132 valence electrons. The lowest BCUT2D eigenvalue weighted by Gasteiger charge is -2.36. The van der Waals surface area contributed by atoms with Crippen LogP contribution in [0.1, 0.15) is 31.1 Å². The van der Waals surface area contributed by atoms with Crippen LogP contribution >= 0.6 is 27.3 Å². The van der Waals surface area contributed by atoms with Crippen LogP contribution in [-0.4, -0.2) is 65.8 Å². The monoisotopic (exact) mass is 416 g/mol. The van der Waals surface area contributed by atoms with Crippen LogP contribution < -0.4 is 0 Å². The van der Waals surface area contributed by atoms with Gasteiger partial charge in [0.05, 0.1) is 34.6 Å². The zero-order valence-corrected chi connectivity index (χ0v) is 16.4. The molecular weight excluding hydrogens is 396 g/mol. The molecule has 2 aliphatic heterocycles. The molecule has 8 heteroatoms. The predicted molar refractivity (Wildman–Crippen MR) is 94.4 cm³/mol. The highest BCUT2D eigenvalue weighted by molar-refractivity contribution is 9.11. The van der Waals surface area contributed by atoms with Crippen LogP contribution in [0.15, 0.2) is 15.2 Å². The number of fused-ring (bicyclic) bond motifs is 1. The SMILES string of the molecule is CC(C)(C)OC(=O)N1C[C@@H]2OCCN(C(=O)c3csc(Br)c3)[C@@H]2C1. The highest BCUT2D eigenvalue weighted by atomic mass is 79.9. The van der Waals surface area contributed by atoms with Crippen LogP contribution in [0.25, 0.3) is 0 Å². The smallest absolute Gasteiger partial charge is 0.410 e. The Labute approximate surface area is 153 Å². The number of rotatable bonds is 1. The summed E-state index contributed by atoms with van der Waals surface area (Å²) in [5.41, 5.74) is 0.132. The molecule has 24 heavy (non-hydrogen) atoms. The lowest BCUT2D eigenvalue weighted by Crippen LogP contribution is -2.53. The Morgan fingerprint density at radius 3 is 2.75 bits per heavy atom. The first-order valence-electron chi connectivity index (χ1n) is 7.89. The summed E-state index contributed by atoms with van der Waals surface area (Å²) in [4.78, 5) is 28.5. The number of nitrogens with zero attached hydrogens (tertiary/aromatic N) is 2. The fourth-order valence-corrected chi connectivity index (χ4v) is 4.13. The molecule has 1 aromatic rings. The summed E-state index contributed by atoms with van der Waals surface area (Å²) in [6, 6.07) is 1.70. The highest BCUT2D eigenvalue weighted by Crippen LogP contribution is 2.28. The number of hydrogen-bond donors (Lipinski definition) is 0. The highest BCUT2D eigenvalue weighted by Gasteiger charge is 2.44. The van der Waals surface area contributed by atoms with Gasteiger partial charge >= 0.3 is 6.09 Å². The summed E-state index contributed by atoms with van der Waals surface area (Å²) < 4.78 is 12.1. The van der Waals surface area contributed by atoms with E-state index in [0.717, 1.165) is 3.79 Å². The van der Waals surface area contributed by atoms with Crippen LogP contribution in [0.2, 0.25) is 0 Å². The van der Waals surface area contributed by atoms with Crippen molar-refractivity contribution in [3.05, 3.63) is 20.8 Å². The van der Waals surface area contributed by atoms with E-state index in [1.165, 1.54) is 11.3 Å². The minimum atomic E-state index is -0.538. The Kier molecular flexibility index (Phi) is 4.90. The predicted octanol–water partition coefficient (Wildman–Crippen LogP) is 2.97. The van der Waals surface area contributed by atoms with Crippen LogP contribution in [0.5, 0.6) is 0 Å². The van der Waals surface area contributed by atoms with E-state index >= 15 is 0 Å². The Hall–Kier alpha value is -1.12. The number of carbonyl (C=O) groups is 2. The summed E-state index contributed by atoms with van der Waals surface area (Å²) >= 11 is 4.88. The largest absolute Gasteiger partial charge is 0.444 e. The van der Waals surface area contributed by atoms with Crippen molar-refractivity contribution in [3.63, 3.8) is 0 Å². The van der Waals surface area contributed by atoms with Gasteiger partial charge in [0.2, 0.25) is 0 Å². The molecule has 1 aromatic heterocycles. The van der Waals surface area contributed by atoms with Gasteiger partial charge in [-0.2, -0.15) is 0 Å². The van der Waals surface area contributed by atoms with Crippen LogP contribution in [0, 0.1) is 0 Å². The van der Waals surface area contributed by atoms with Crippen LogP contribution in [-0.2, 0) is 9.47 Å². The lowest BCUT2D eigenvalue weighted by molar-refractivity contribution is -0.0372. The molecule has 0 N–H and O–H groups in total. The molecule has 0 unspecified atom stereocenters. The maximum absolute atomic E-state index is 12.8. The summed E-state index contributed by atoms with van der Waals surface area (Å²) in [6.07, 6.45) is -0.511. The number of carbonyl (C=O) groups excluding carboxylic acids is 2. The standard InChI is InChI=1S/C16H21BrN2O4S/c1-16(2,3)23-15(21)18-7-11-12(8-18)22-5-4-19(11)14(20)10-6-13(17)24-9-10/h6,9,11-12H,4-5,7-8H2,1-3H3/t11-,12+/m1/s1. The molecule has 2 fully saturated rings. The van der Waals surface area contributed by atoms with Crippen LogP contribution in [0.4, 0.5) is 4.79 Å². The van der Waals surface area contributed by atoms with Gasteiger partial charge in [0.15, 0.2) is 0 Å². The fourth-order valence-electron chi connectivity index (χ4n) is 3.00. The van der Waals surface area contributed by atoms with Crippen molar-refractivity contribution in [1.82, 2.24) is 9.80 Å². The van der Waals surface area contributed by atoms with Gasteiger partial charge in [0.1, 0.15) is 5.60 Å². The second kappa shape index (κ2) is 6.65. The van der Waals surface area contributed by atoms with Gasteiger partial charge in [-0.15, -0.1) is 11.3 Å². The molecule has 0 bridgehead atoms. The minimum Gasteiger partial charge on any atom is -0.444 e. The summed E-state index contributed by atoms with van der Waals surface area (Å²) in [5, 5.41) is 1.84. The molecule has 0 saturated carbocycles. The van der Waals surface area contributed by atoms with Gasteiger partial charge in [-0.05, 0) is 42.8 Å². The minimum absolute atomic E-state index is 0.0127. The normalized spacial score (nSPS) is 24.0. The van der Waals surface area contributed by atoms with Crippen molar-refractivity contribution < 1.29 is 19.1 Å². The third-order valence-corrected chi connectivity index (χ3v) is 5.53. The van der Waals surface area contributed by atoms with E-state index in [1.807, 2.05) is 37.1 Å². The molecule has 3 heterocycles. The molecule has 3 rings (SSSR count). The zero-order valence-electron chi connectivity index (χ0n) is 14.0. The number of likely N-dealkylation sites (tertiary alicyclic amines) is 1. The van der Waals surface area contributed by atoms with Gasteiger partial charge < -0.3 is 19.3 Å². The average Bonchev–Trinajstić information content (AvgIpc) is 3.10. The Balaban J connectivity index is 1.71. The van der Waals surface area contributed by atoms with E-state index in [4.69, 9.17) is 9.47 Å². The first-order chi connectivity index (χ1) is 11.2. The van der Waals surface area contributed by atoms with E-state index in [2.05, 4.69) is 15.9 Å². The van der Waals surface area contributed by atoms with Crippen molar-refractivity contribution >= 4 is 39.3 Å². The van der Waals surface area contributed by atoms with Crippen molar-refractivity contribution in [1.29, 1.82) is 0 Å². The molecule has 2 saturated heterocycles. The third kappa shape index (κ3) is 3.75. The molecule has 2 aliphatic rings. The van der Waals surface area contributed by atoms with E-state index < -0.39 is 5.60 Å². The Bertz CT molecular complexity index is 642. The molecule has 0 aliphatic carbocycles. The number of thiophene rings is 1. The number of morpholine rings is 1. The van der Waals surface area contributed by atoms with Gasteiger partial charge in [-0.25, -0.2) is 4.79 Å². The van der Waals surface area contributed by atoms with E-state index in [0.29, 0.717) is 31.8 Å². The number of ether oxygens (including phenoxy) is 2. The molecule has 6 nitrogen and oxygen atoms in total. The van der Waals surface area contributed by atoms with Crippen LogP contribution in [0.3, 0.4) is 0 Å². The maximum Gasteiger partial charge on any atom is 0.410 e. The van der Waals surface area contributed by atoms with E-state index in [-0.39, 0.29) is 24.1 Å². The van der Waals surface area contributed by atoms with E-state index in [1.54, 1.807) is 4.90 Å². The average molecular weight is 417 g/mol. The molecular formula is C16H21BrN2O4S. The van der Waals surface area contributed by atoms with Gasteiger partial charge in [-0.3, -0.25) is 4.79 Å². The van der Waals surface area contributed by atoms with E-state index in [9.17, 15) is 9.59 Å². The summed E-state index contributed by atoms with van der Waals surface area (Å²) in [6.45, 7) is 7.45. The first kappa shape index (κ1) is 17.7. The quantitative estimate of drug-likeness (QED) is 0.705. The zero-order chi connectivity index (χ0) is 17.5. The lowest BCUT2D eigenvalue weighted by atomic mass is 10.1. The second-order valence-corrected chi connectivity index (χ2v) is 9.29. The fraction of sp³-hybridized carbons (Fsp3) is 0.625. The van der Waals surface area contributed by atoms with Crippen molar-refractivity contribution in [2.45, 2.75) is 38.5 Å². The maximum atomic E-state index is 12.8. The Morgan fingerprint density at radius 2 is 2.12 bits per heavy atom. The van der Waals surface area contributed by atoms with Crippen molar-refractivity contribution in [2.75, 3.05) is 26.2 Å². The van der Waals surface area contributed by atoms with Gasteiger partial charge in [0.25, 0.3) is 5.91 Å². The van der Waals surface area contributed by atoms with Crippen molar-refractivity contribution in [3.8, 4) is 0 Å².